The monoisotopic (exact) mass is 330 g/mol. The van der Waals surface area contributed by atoms with Crippen molar-refractivity contribution in [2.45, 2.75) is 19.8 Å². The third kappa shape index (κ3) is 4.50. The normalized spacial score (nSPS) is 15.1. The fourth-order valence-electron chi connectivity index (χ4n) is 2.36. The van der Waals surface area contributed by atoms with Gasteiger partial charge in [-0.15, -0.1) is 0 Å². The van der Waals surface area contributed by atoms with Gasteiger partial charge in [0.25, 0.3) is 0 Å². The molecule has 1 aromatic carbocycles. The number of carbonyl (C=O) groups is 1. The van der Waals surface area contributed by atoms with E-state index in [0.717, 1.165) is 31.7 Å². The van der Waals surface area contributed by atoms with Gasteiger partial charge in [-0.1, -0.05) is 23.2 Å². The Morgan fingerprint density at radius 2 is 1.90 bits per heavy atom. The molecular weight excluding hydrogens is 311 g/mol. The van der Waals surface area contributed by atoms with Gasteiger partial charge >= 0.3 is 0 Å². The fourth-order valence-corrected chi connectivity index (χ4v) is 3.00. The van der Waals surface area contributed by atoms with Crippen molar-refractivity contribution >= 4 is 29.1 Å². The number of aryl methyl sites for hydroxylation is 1. The van der Waals surface area contributed by atoms with Gasteiger partial charge in [0.1, 0.15) is 0 Å². The third-order valence-corrected chi connectivity index (χ3v) is 4.01. The second kappa shape index (κ2) is 7.87. The molecule has 1 aliphatic heterocycles. The van der Waals surface area contributed by atoms with Gasteiger partial charge in [-0.25, -0.2) is 0 Å². The summed E-state index contributed by atoms with van der Waals surface area (Å²) in [5.74, 6) is 0.690. The first-order valence-corrected chi connectivity index (χ1v) is 7.96. The summed E-state index contributed by atoms with van der Waals surface area (Å²) >= 11 is 12.3. The molecule has 1 aliphatic rings. The van der Waals surface area contributed by atoms with E-state index in [2.05, 4.69) is 5.32 Å². The van der Waals surface area contributed by atoms with E-state index in [1.807, 2.05) is 24.0 Å². The van der Waals surface area contributed by atoms with E-state index in [0.29, 0.717) is 35.2 Å². The lowest BCUT2D eigenvalue weighted by Gasteiger charge is -2.27. The van der Waals surface area contributed by atoms with Crippen LogP contribution in [-0.4, -0.2) is 43.6 Å². The Morgan fingerprint density at radius 3 is 2.48 bits per heavy atom. The van der Waals surface area contributed by atoms with Crippen LogP contribution in [0.3, 0.4) is 0 Å². The van der Waals surface area contributed by atoms with Gasteiger partial charge in [0, 0.05) is 32.6 Å². The minimum atomic E-state index is 0.178. The second-order valence-corrected chi connectivity index (χ2v) is 5.77. The summed E-state index contributed by atoms with van der Waals surface area (Å²) in [6.45, 7) is 5.69. The molecule has 1 amide bonds. The van der Waals surface area contributed by atoms with Crippen molar-refractivity contribution in [3.05, 3.63) is 27.7 Å². The molecule has 6 heteroatoms. The van der Waals surface area contributed by atoms with Crippen molar-refractivity contribution < 1.29 is 9.53 Å². The molecule has 1 heterocycles. The standard InChI is InChI=1S/C15H20Cl2N2O2/c1-2-21-15-12(16)9-11(10-13(15)17)3-4-14(20)19-7-5-18-6-8-19/h9-10,18H,2-8H2,1H3. The van der Waals surface area contributed by atoms with E-state index in [4.69, 9.17) is 27.9 Å². The molecule has 0 radical (unpaired) electrons. The summed E-state index contributed by atoms with van der Waals surface area (Å²) < 4.78 is 5.40. The number of hydrogen-bond acceptors (Lipinski definition) is 3. The molecular formula is C15H20Cl2N2O2. The highest BCUT2D eigenvalue weighted by atomic mass is 35.5. The molecule has 0 spiro atoms. The zero-order chi connectivity index (χ0) is 15.2. The molecule has 0 bridgehead atoms. The largest absolute Gasteiger partial charge is 0.491 e. The van der Waals surface area contributed by atoms with Crippen molar-refractivity contribution in [2.24, 2.45) is 0 Å². The van der Waals surface area contributed by atoms with Gasteiger partial charge in [0.05, 0.1) is 16.7 Å². The van der Waals surface area contributed by atoms with E-state index in [1.54, 1.807) is 0 Å². The number of halogens is 2. The predicted molar refractivity (Wildman–Crippen MR) is 85.4 cm³/mol. The minimum Gasteiger partial charge on any atom is -0.491 e. The SMILES string of the molecule is CCOc1c(Cl)cc(CCC(=O)N2CCNCC2)cc1Cl. The lowest BCUT2D eigenvalue weighted by Crippen LogP contribution is -2.46. The minimum absolute atomic E-state index is 0.178. The molecule has 1 fully saturated rings. The summed E-state index contributed by atoms with van der Waals surface area (Å²) in [7, 11) is 0. The molecule has 4 nitrogen and oxygen atoms in total. The molecule has 0 aromatic heterocycles. The maximum atomic E-state index is 12.1. The van der Waals surface area contributed by atoms with Crippen LogP contribution < -0.4 is 10.1 Å². The number of benzene rings is 1. The van der Waals surface area contributed by atoms with E-state index in [-0.39, 0.29) is 5.91 Å². The van der Waals surface area contributed by atoms with Gasteiger partial charge in [-0.3, -0.25) is 4.79 Å². The van der Waals surface area contributed by atoms with Gasteiger partial charge < -0.3 is 15.0 Å². The molecule has 1 saturated heterocycles. The molecule has 0 aliphatic carbocycles. The van der Waals surface area contributed by atoms with Gasteiger partial charge in [-0.2, -0.15) is 0 Å². The maximum absolute atomic E-state index is 12.1. The zero-order valence-corrected chi connectivity index (χ0v) is 13.6. The summed E-state index contributed by atoms with van der Waals surface area (Å²) in [6, 6.07) is 3.65. The van der Waals surface area contributed by atoms with Crippen molar-refractivity contribution in [1.82, 2.24) is 10.2 Å². The Balaban J connectivity index is 1.95. The van der Waals surface area contributed by atoms with Crippen LogP contribution in [0.1, 0.15) is 18.9 Å². The lowest BCUT2D eigenvalue weighted by atomic mass is 10.1. The van der Waals surface area contributed by atoms with Crippen LogP contribution in [-0.2, 0) is 11.2 Å². The van der Waals surface area contributed by atoms with Crippen LogP contribution in [0.25, 0.3) is 0 Å². The molecule has 1 N–H and O–H groups in total. The molecule has 2 rings (SSSR count). The number of amides is 1. The molecule has 21 heavy (non-hydrogen) atoms. The second-order valence-electron chi connectivity index (χ2n) is 4.95. The topological polar surface area (TPSA) is 41.6 Å². The first-order chi connectivity index (χ1) is 10.1. The maximum Gasteiger partial charge on any atom is 0.222 e. The van der Waals surface area contributed by atoms with Crippen molar-refractivity contribution in [3.8, 4) is 5.75 Å². The number of nitrogens with zero attached hydrogens (tertiary/aromatic N) is 1. The number of rotatable bonds is 5. The summed E-state index contributed by atoms with van der Waals surface area (Å²) in [5.41, 5.74) is 0.955. The Kier molecular flexibility index (Phi) is 6.15. The van der Waals surface area contributed by atoms with Gasteiger partial charge in [-0.05, 0) is 31.0 Å². The molecule has 116 valence electrons. The van der Waals surface area contributed by atoms with E-state index < -0.39 is 0 Å². The van der Waals surface area contributed by atoms with E-state index in [1.165, 1.54) is 0 Å². The molecule has 1 aromatic rings. The van der Waals surface area contributed by atoms with Crippen LogP contribution >= 0.6 is 23.2 Å². The van der Waals surface area contributed by atoms with Gasteiger partial charge in [0.2, 0.25) is 5.91 Å². The van der Waals surface area contributed by atoms with E-state index >= 15 is 0 Å². The van der Waals surface area contributed by atoms with E-state index in [9.17, 15) is 4.79 Å². The van der Waals surface area contributed by atoms with Gasteiger partial charge in [0.15, 0.2) is 5.75 Å². The van der Waals surface area contributed by atoms with Crippen molar-refractivity contribution in [1.29, 1.82) is 0 Å². The quantitative estimate of drug-likeness (QED) is 0.902. The van der Waals surface area contributed by atoms with Crippen LogP contribution in [0, 0.1) is 0 Å². The molecule has 0 unspecified atom stereocenters. The van der Waals surface area contributed by atoms with Crippen molar-refractivity contribution in [3.63, 3.8) is 0 Å². The summed E-state index contributed by atoms with van der Waals surface area (Å²) in [5, 5.41) is 4.22. The third-order valence-electron chi connectivity index (χ3n) is 3.44. The average Bonchev–Trinajstić information content (AvgIpc) is 2.49. The first kappa shape index (κ1) is 16.4. The van der Waals surface area contributed by atoms with Crippen LogP contribution in [0.4, 0.5) is 0 Å². The fraction of sp³-hybridized carbons (Fsp3) is 0.533. The lowest BCUT2D eigenvalue weighted by molar-refractivity contribution is -0.131. The summed E-state index contributed by atoms with van der Waals surface area (Å²) in [4.78, 5) is 14.0. The number of ether oxygens (including phenoxy) is 1. The predicted octanol–water partition coefficient (Wildman–Crippen LogP) is 2.76. The number of nitrogens with one attached hydrogen (secondary N) is 1. The Bertz CT molecular complexity index is 479. The Labute approximate surface area is 135 Å². The highest BCUT2D eigenvalue weighted by Gasteiger charge is 2.16. The van der Waals surface area contributed by atoms with Crippen LogP contribution in [0.15, 0.2) is 12.1 Å². The Morgan fingerprint density at radius 1 is 1.29 bits per heavy atom. The molecule has 0 atom stereocenters. The highest BCUT2D eigenvalue weighted by molar-refractivity contribution is 6.37. The first-order valence-electron chi connectivity index (χ1n) is 7.21. The smallest absolute Gasteiger partial charge is 0.222 e. The van der Waals surface area contributed by atoms with Crippen LogP contribution in [0.2, 0.25) is 10.0 Å². The Hall–Kier alpha value is -0.970. The summed E-state index contributed by atoms with van der Waals surface area (Å²) in [6.07, 6.45) is 1.11. The number of carbonyl (C=O) groups excluding carboxylic acids is 1. The van der Waals surface area contributed by atoms with Crippen LogP contribution in [0.5, 0.6) is 5.75 Å². The van der Waals surface area contributed by atoms with Crippen molar-refractivity contribution in [2.75, 3.05) is 32.8 Å². The molecule has 0 saturated carbocycles. The zero-order valence-electron chi connectivity index (χ0n) is 12.1. The highest BCUT2D eigenvalue weighted by Crippen LogP contribution is 2.34. The number of hydrogen-bond donors (Lipinski definition) is 1. The average molecular weight is 331 g/mol. The number of piperazine rings is 1.